The molecule has 0 radical (unpaired) electrons. The Bertz CT molecular complexity index is 504. The third-order valence-electron chi connectivity index (χ3n) is 4.39. The summed E-state index contributed by atoms with van der Waals surface area (Å²) in [5, 5.41) is 0. The highest BCUT2D eigenvalue weighted by Gasteiger charge is 2.36. The van der Waals surface area contributed by atoms with Crippen molar-refractivity contribution in [2.45, 2.75) is 52.6 Å². The minimum atomic E-state index is -0.504. The Morgan fingerprint density at radius 1 is 1.14 bits per heavy atom. The van der Waals surface area contributed by atoms with Crippen molar-refractivity contribution >= 4 is 5.97 Å². The minimum absolute atomic E-state index is 0.0348. The highest BCUT2D eigenvalue weighted by atomic mass is 17.2. The first-order chi connectivity index (χ1) is 10.4. The van der Waals surface area contributed by atoms with Crippen LogP contribution in [0.1, 0.15) is 56.8 Å². The first-order valence-corrected chi connectivity index (χ1v) is 7.94. The van der Waals surface area contributed by atoms with E-state index in [0.717, 1.165) is 19.3 Å². The maximum Gasteiger partial charge on any atom is 0.376 e. The number of carbonyl (C=O) groups excluding carboxylic acids is 1. The predicted molar refractivity (Wildman–Crippen MR) is 84.7 cm³/mol. The van der Waals surface area contributed by atoms with E-state index in [0.29, 0.717) is 17.2 Å². The number of ether oxygens (including phenoxy) is 1. The van der Waals surface area contributed by atoms with Crippen LogP contribution < -0.4 is 4.74 Å². The van der Waals surface area contributed by atoms with Crippen molar-refractivity contribution in [2.75, 3.05) is 7.11 Å². The van der Waals surface area contributed by atoms with Gasteiger partial charge >= 0.3 is 5.97 Å². The molecule has 0 amide bonds. The Balaban J connectivity index is 2.00. The fourth-order valence-corrected chi connectivity index (χ4v) is 3.17. The van der Waals surface area contributed by atoms with Gasteiger partial charge in [0, 0.05) is 0 Å². The summed E-state index contributed by atoms with van der Waals surface area (Å²) >= 11 is 0. The molecule has 0 N–H and O–H groups in total. The highest BCUT2D eigenvalue weighted by Crippen LogP contribution is 2.39. The third-order valence-corrected chi connectivity index (χ3v) is 4.39. The Morgan fingerprint density at radius 3 is 2.50 bits per heavy atom. The summed E-state index contributed by atoms with van der Waals surface area (Å²) in [6.45, 7) is 6.63. The SMILES string of the molecule is COc1ccccc1C(=O)OOC1CCCCC1C(C)(C)C. The second-order valence-corrected chi connectivity index (χ2v) is 6.96. The molecule has 0 saturated heterocycles. The molecule has 2 rings (SSSR count). The van der Waals surface area contributed by atoms with Crippen molar-refractivity contribution < 1.29 is 19.3 Å². The molecule has 1 aliphatic carbocycles. The molecule has 2 atom stereocenters. The molecule has 0 spiro atoms. The van der Waals surface area contributed by atoms with Crippen molar-refractivity contribution in [3.05, 3.63) is 29.8 Å². The van der Waals surface area contributed by atoms with Gasteiger partial charge in [-0.15, -0.1) is 0 Å². The van der Waals surface area contributed by atoms with Crippen LogP contribution >= 0.6 is 0 Å². The van der Waals surface area contributed by atoms with Gasteiger partial charge in [-0.25, -0.2) is 4.79 Å². The largest absolute Gasteiger partial charge is 0.496 e. The van der Waals surface area contributed by atoms with Gasteiger partial charge in [0.25, 0.3) is 0 Å². The minimum Gasteiger partial charge on any atom is -0.496 e. The molecule has 0 aromatic heterocycles. The fraction of sp³-hybridized carbons (Fsp3) is 0.611. The van der Waals surface area contributed by atoms with E-state index >= 15 is 0 Å². The maximum absolute atomic E-state index is 12.2. The van der Waals surface area contributed by atoms with Crippen molar-refractivity contribution in [3.8, 4) is 5.75 Å². The molecule has 4 heteroatoms. The lowest BCUT2D eigenvalue weighted by Crippen LogP contribution is -2.37. The van der Waals surface area contributed by atoms with Crippen molar-refractivity contribution in [2.24, 2.45) is 11.3 Å². The monoisotopic (exact) mass is 306 g/mol. The first-order valence-electron chi connectivity index (χ1n) is 7.94. The molecular formula is C18H26O4. The second kappa shape index (κ2) is 7.14. The van der Waals surface area contributed by atoms with E-state index < -0.39 is 5.97 Å². The average Bonchev–Trinajstić information content (AvgIpc) is 2.52. The summed E-state index contributed by atoms with van der Waals surface area (Å²) in [7, 11) is 1.53. The van der Waals surface area contributed by atoms with Gasteiger partial charge in [0.1, 0.15) is 17.4 Å². The van der Waals surface area contributed by atoms with Gasteiger partial charge in [0.15, 0.2) is 0 Å². The van der Waals surface area contributed by atoms with Crippen LogP contribution in [0.5, 0.6) is 5.75 Å². The van der Waals surface area contributed by atoms with Gasteiger partial charge < -0.3 is 4.74 Å². The Hall–Kier alpha value is -1.55. The van der Waals surface area contributed by atoms with Gasteiger partial charge in [-0.3, -0.25) is 4.89 Å². The fourth-order valence-electron chi connectivity index (χ4n) is 3.17. The van der Waals surface area contributed by atoms with Crippen LogP contribution in [0.3, 0.4) is 0 Å². The lowest BCUT2D eigenvalue weighted by Gasteiger charge is -2.38. The zero-order valence-corrected chi connectivity index (χ0v) is 13.9. The van der Waals surface area contributed by atoms with Crippen LogP contribution in [-0.4, -0.2) is 19.2 Å². The summed E-state index contributed by atoms with van der Waals surface area (Å²) in [6, 6.07) is 6.99. The van der Waals surface area contributed by atoms with E-state index in [1.54, 1.807) is 18.2 Å². The molecule has 1 aromatic carbocycles. The topological polar surface area (TPSA) is 44.8 Å². The number of benzene rings is 1. The quantitative estimate of drug-likeness (QED) is 0.611. The molecule has 1 saturated carbocycles. The number of methoxy groups -OCH3 is 1. The summed E-state index contributed by atoms with van der Waals surface area (Å²) in [6.07, 6.45) is 4.33. The van der Waals surface area contributed by atoms with Crippen LogP contribution in [0.2, 0.25) is 0 Å². The van der Waals surface area contributed by atoms with E-state index in [4.69, 9.17) is 14.5 Å². The Kier molecular flexibility index (Phi) is 5.46. The number of hydrogen-bond donors (Lipinski definition) is 0. The van der Waals surface area contributed by atoms with Gasteiger partial charge in [-0.1, -0.05) is 45.7 Å². The number of rotatable bonds is 4. The van der Waals surface area contributed by atoms with Gasteiger partial charge in [0.05, 0.1) is 7.11 Å². The predicted octanol–water partition coefficient (Wildman–Crippen LogP) is 4.39. The van der Waals surface area contributed by atoms with E-state index in [9.17, 15) is 4.79 Å². The van der Waals surface area contributed by atoms with Crippen molar-refractivity contribution in [1.82, 2.24) is 0 Å². The molecule has 1 aromatic rings. The second-order valence-electron chi connectivity index (χ2n) is 6.96. The molecule has 1 fully saturated rings. The Morgan fingerprint density at radius 2 is 1.82 bits per heavy atom. The zero-order chi connectivity index (χ0) is 16.2. The average molecular weight is 306 g/mol. The van der Waals surface area contributed by atoms with Gasteiger partial charge in [0.2, 0.25) is 0 Å². The van der Waals surface area contributed by atoms with E-state index in [1.165, 1.54) is 13.5 Å². The molecule has 0 heterocycles. The van der Waals surface area contributed by atoms with Crippen molar-refractivity contribution in [1.29, 1.82) is 0 Å². The van der Waals surface area contributed by atoms with Crippen molar-refractivity contribution in [3.63, 3.8) is 0 Å². The first kappa shape index (κ1) is 16.8. The van der Waals surface area contributed by atoms with Crippen LogP contribution in [0.25, 0.3) is 0 Å². The summed E-state index contributed by atoms with van der Waals surface area (Å²) in [5.74, 6) is 0.384. The zero-order valence-electron chi connectivity index (χ0n) is 13.9. The standard InChI is InChI=1S/C18H26O4/c1-18(2,3)14-10-6-8-12-16(14)21-22-17(19)13-9-5-7-11-15(13)20-4/h5,7,9,11,14,16H,6,8,10,12H2,1-4H3. The molecule has 2 unspecified atom stereocenters. The van der Waals surface area contributed by atoms with E-state index in [1.807, 2.05) is 6.07 Å². The summed E-state index contributed by atoms with van der Waals surface area (Å²) in [4.78, 5) is 22.8. The molecule has 4 nitrogen and oxygen atoms in total. The smallest absolute Gasteiger partial charge is 0.376 e. The molecule has 22 heavy (non-hydrogen) atoms. The molecule has 1 aliphatic rings. The van der Waals surface area contributed by atoms with Crippen LogP contribution in [0, 0.1) is 11.3 Å². The van der Waals surface area contributed by atoms with Crippen LogP contribution in [-0.2, 0) is 9.78 Å². The molecule has 122 valence electrons. The number of carbonyl (C=O) groups is 1. The third kappa shape index (κ3) is 4.01. The molecular weight excluding hydrogens is 280 g/mol. The molecule has 0 aliphatic heterocycles. The summed E-state index contributed by atoms with van der Waals surface area (Å²) in [5.41, 5.74) is 0.523. The molecule has 0 bridgehead atoms. The van der Waals surface area contributed by atoms with Gasteiger partial charge in [-0.05, 0) is 36.3 Å². The lowest BCUT2D eigenvalue weighted by molar-refractivity contribution is -0.297. The normalized spacial score (nSPS) is 22.2. The van der Waals surface area contributed by atoms with E-state index in [-0.39, 0.29) is 11.5 Å². The van der Waals surface area contributed by atoms with Crippen LogP contribution in [0.4, 0.5) is 0 Å². The van der Waals surface area contributed by atoms with Crippen LogP contribution in [0.15, 0.2) is 24.3 Å². The van der Waals surface area contributed by atoms with E-state index in [2.05, 4.69) is 20.8 Å². The summed E-state index contributed by atoms with van der Waals surface area (Å²) < 4.78 is 5.18. The highest BCUT2D eigenvalue weighted by molar-refractivity contribution is 5.92. The van der Waals surface area contributed by atoms with Gasteiger partial charge in [-0.2, -0.15) is 4.89 Å². The maximum atomic E-state index is 12.2. The lowest BCUT2D eigenvalue weighted by atomic mass is 9.71. The Labute approximate surface area is 132 Å². The number of para-hydroxylation sites is 1. The number of hydrogen-bond acceptors (Lipinski definition) is 4.